The van der Waals surface area contributed by atoms with Crippen LogP contribution in [0.4, 0.5) is 10.1 Å². The van der Waals surface area contributed by atoms with Crippen molar-refractivity contribution >= 4 is 11.6 Å². The summed E-state index contributed by atoms with van der Waals surface area (Å²) in [5.74, 6) is -0.371. The van der Waals surface area contributed by atoms with Crippen molar-refractivity contribution in [2.24, 2.45) is 0 Å². The van der Waals surface area contributed by atoms with Gasteiger partial charge in [-0.25, -0.2) is 9.07 Å². The van der Waals surface area contributed by atoms with E-state index in [1.807, 2.05) is 32.0 Å². The first kappa shape index (κ1) is 16.7. The molecule has 0 saturated carbocycles. The number of carbonyl (C=O) groups excluding carboxylic acids is 1. The Bertz CT molecular complexity index is 897. The van der Waals surface area contributed by atoms with Gasteiger partial charge < -0.3 is 10.1 Å². The molecule has 1 N–H and O–H groups in total. The summed E-state index contributed by atoms with van der Waals surface area (Å²) in [6, 6.07) is 11.6. The van der Waals surface area contributed by atoms with Gasteiger partial charge in [0.05, 0.1) is 19.0 Å². The van der Waals surface area contributed by atoms with E-state index < -0.39 is 0 Å². The Labute approximate surface area is 145 Å². The molecule has 0 aliphatic carbocycles. The standard InChI is InChI=1S/C19H18FN3O2/c1-12-8-13(2)10-15(9-12)21-19(24)18-17(25-3)11-23(22-18)16-6-4-14(20)5-7-16/h4-11H,1-3H3,(H,21,24). The minimum absolute atomic E-state index is 0.158. The zero-order valence-electron chi connectivity index (χ0n) is 14.2. The first-order valence-corrected chi connectivity index (χ1v) is 7.75. The topological polar surface area (TPSA) is 56.2 Å². The molecule has 1 amide bonds. The molecule has 1 heterocycles. The van der Waals surface area contributed by atoms with Gasteiger partial charge in [-0.05, 0) is 61.4 Å². The number of anilines is 1. The van der Waals surface area contributed by atoms with E-state index in [9.17, 15) is 9.18 Å². The van der Waals surface area contributed by atoms with E-state index in [4.69, 9.17) is 4.74 Å². The van der Waals surface area contributed by atoms with Gasteiger partial charge in [-0.2, -0.15) is 5.10 Å². The van der Waals surface area contributed by atoms with Crippen molar-refractivity contribution < 1.29 is 13.9 Å². The molecule has 128 valence electrons. The van der Waals surface area contributed by atoms with Crippen molar-refractivity contribution in [2.45, 2.75) is 13.8 Å². The number of nitrogens with one attached hydrogen (secondary N) is 1. The largest absolute Gasteiger partial charge is 0.493 e. The smallest absolute Gasteiger partial charge is 0.280 e. The minimum atomic E-state index is -0.372. The van der Waals surface area contributed by atoms with Crippen molar-refractivity contribution in [3.05, 3.63) is 71.3 Å². The molecule has 0 aliphatic heterocycles. The van der Waals surface area contributed by atoms with E-state index in [2.05, 4.69) is 10.4 Å². The summed E-state index contributed by atoms with van der Waals surface area (Å²) in [5, 5.41) is 7.11. The van der Waals surface area contributed by atoms with Gasteiger partial charge >= 0.3 is 0 Å². The fourth-order valence-electron chi connectivity index (χ4n) is 2.63. The number of methoxy groups -OCH3 is 1. The molecule has 0 spiro atoms. The maximum Gasteiger partial charge on any atom is 0.280 e. The van der Waals surface area contributed by atoms with Crippen LogP contribution in [0.5, 0.6) is 5.75 Å². The van der Waals surface area contributed by atoms with E-state index >= 15 is 0 Å². The number of aryl methyl sites for hydroxylation is 2. The zero-order chi connectivity index (χ0) is 18.0. The fraction of sp³-hybridized carbons (Fsp3) is 0.158. The highest BCUT2D eigenvalue weighted by Crippen LogP contribution is 2.22. The number of hydrogen-bond acceptors (Lipinski definition) is 3. The number of amides is 1. The van der Waals surface area contributed by atoms with Gasteiger partial charge in [-0.15, -0.1) is 0 Å². The third-order valence-corrected chi connectivity index (χ3v) is 3.69. The van der Waals surface area contributed by atoms with Crippen LogP contribution in [0.3, 0.4) is 0 Å². The lowest BCUT2D eigenvalue weighted by Crippen LogP contribution is -2.14. The van der Waals surface area contributed by atoms with Gasteiger partial charge in [0, 0.05) is 5.69 Å². The fourth-order valence-corrected chi connectivity index (χ4v) is 2.63. The molecule has 5 nitrogen and oxygen atoms in total. The van der Waals surface area contributed by atoms with Crippen LogP contribution < -0.4 is 10.1 Å². The van der Waals surface area contributed by atoms with Crippen LogP contribution in [-0.2, 0) is 0 Å². The third kappa shape index (κ3) is 3.68. The zero-order valence-corrected chi connectivity index (χ0v) is 14.2. The van der Waals surface area contributed by atoms with Gasteiger partial charge in [-0.1, -0.05) is 6.07 Å². The number of nitrogens with zero attached hydrogens (tertiary/aromatic N) is 2. The molecular formula is C19H18FN3O2. The molecule has 1 aromatic heterocycles. The number of hydrogen-bond donors (Lipinski definition) is 1. The minimum Gasteiger partial charge on any atom is -0.493 e. The lowest BCUT2D eigenvalue weighted by molar-refractivity contribution is 0.101. The molecule has 0 bridgehead atoms. The SMILES string of the molecule is COc1cn(-c2ccc(F)cc2)nc1C(=O)Nc1cc(C)cc(C)c1. The second-order valence-electron chi connectivity index (χ2n) is 5.80. The Kier molecular flexibility index (Phi) is 4.52. The van der Waals surface area contributed by atoms with Crippen LogP contribution in [0.1, 0.15) is 21.6 Å². The third-order valence-electron chi connectivity index (χ3n) is 3.69. The highest BCUT2D eigenvalue weighted by molar-refractivity contribution is 6.04. The molecule has 3 aromatic rings. The van der Waals surface area contributed by atoms with Crippen LogP contribution in [0.15, 0.2) is 48.7 Å². The summed E-state index contributed by atoms with van der Waals surface area (Å²) in [6.45, 7) is 3.93. The molecule has 25 heavy (non-hydrogen) atoms. The van der Waals surface area contributed by atoms with Crippen molar-refractivity contribution in [2.75, 3.05) is 12.4 Å². The monoisotopic (exact) mass is 339 g/mol. The summed E-state index contributed by atoms with van der Waals surface area (Å²) >= 11 is 0. The molecular weight excluding hydrogens is 321 g/mol. The van der Waals surface area contributed by atoms with Crippen molar-refractivity contribution in [1.82, 2.24) is 9.78 Å². The molecule has 0 aliphatic rings. The molecule has 0 atom stereocenters. The van der Waals surface area contributed by atoms with Gasteiger partial charge in [0.1, 0.15) is 5.82 Å². The van der Waals surface area contributed by atoms with E-state index in [1.54, 1.807) is 18.3 Å². The quantitative estimate of drug-likeness (QED) is 0.784. The van der Waals surface area contributed by atoms with Gasteiger partial charge in [0.2, 0.25) is 0 Å². The van der Waals surface area contributed by atoms with E-state index in [0.29, 0.717) is 17.1 Å². The highest BCUT2D eigenvalue weighted by Gasteiger charge is 2.18. The average Bonchev–Trinajstić information content (AvgIpc) is 2.99. The number of carbonyl (C=O) groups is 1. The van der Waals surface area contributed by atoms with Crippen LogP contribution >= 0.6 is 0 Å². The number of aromatic nitrogens is 2. The molecule has 2 aromatic carbocycles. The molecule has 0 fully saturated rings. The summed E-state index contributed by atoms with van der Waals surface area (Å²) in [5.41, 5.74) is 3.59. The van der Waals surface area contributed by atoms with Crippen LogP contribution in [0.25, 0.3) is 5.69 Å². The molecule has 0 saturated heterocycles. The second kappa shape index (κ2) is 6.76. The summed E-state index contributed by atoms with van der Waals surface area (Å²) < 4.78 is 19.8. The Morgan fingerprint density at radius 1 is 1.12 bits per heavy atom. The lowest BCUT2D eigenvalue weighted by atomic mass is 10.1. The maximum absolute atomic E-state index is 13.1. The predicted molar refractivity (Wildman–Crippen MR) is 93.9 cm³/mol. The number of ether oxygens (including phenoxy) is 1. The van der Waals surface area contributed by atoms with Gasteiger partial charge in [0.25, 0.3) is 5.91 Å². The van der Waals surface area contributed by atoms with E-state index in [-0.39, 0.29) is 17.4 Å². The van der Waals surface area contributed by atoms with E-state index in [1.165, 1.54) is 23.9 Å². The predicted octanol–water partition coefficient (Wildman–Crippen LogP) is 3.89. The second-order valence-corrected chi connectivity index (χ2v) is 5.80. The highest BCUT2D eigenvalue weighted by atomic mass is 19.1. The first-order chi connectivity index (χ1) is 12.0. The van der Waals surface area contributed by atoms with Gasteiger partial charge in [0.15, 0.2) is 11.4 Å². The molecule has 0 unspecified atom stereocenters. The Morgan fingerprint density at radius 2 is 1.76 bits per heavy atom. The normalized spacial score (nSPS) is 10.6. The van der Waals surface area contributed by atoms with Crippen LogP contribution in [-0.4, -0.2) is 22.8 Å². The van der Waals surface area contributed by atoms with E-state index in [0.717, 1.165) is 11.1 Å². The Balaban J connectivity index is 1.90. The Morgan fingerprint density at radius 3 is 2.36 bits per heavy atom. The number of halogens is 1. The van der Waals surface area contributed by atoms with Crippen molar-refractivity contribution in [1.29, 1.82) is 0 Å². The van der Waals surface area contributed by atoms with Crippen molar-refractivity contribution in [3.63, 3.8) is 0 Å². The van der Waals surface area contributed by atoms with Crippen molar-refractivity contribution in [3.8, 4) is 11.4 Å². The number of benzene rings is 2. The average molecular weight is 339 g/mol. The summed E-state index contributed by atoms with van der Waals surface area (Å²) in [4.78, 5) is 12.6. The maximum atomic E-state index is 13.1. The van der Waals surface area contributed by atoms with Gasteiger partial charge in [-0.3, -0.25) is 4.79 Å². The molecule has 6 heteroatoms. The van der Waals surface area contributed by atoms with Crippen LogP contribution in [0, 0.1) is 19.7 Å². The first-order valence-electron chi connectivity index (χ1n) is 7.75. The number of rotatable bonds is 4. The Hall–Kier alpha value is -3.15. The molecule has 3 rings (SSSR count). The molecule has 0 radical (unpaired) electrons. The lowest BCUT2D eigenvalue weighted by Gasteiger charge is -2.07. The summed E-state index contributed by atoms with van der Waals surface area (Å²) in [7, 11) is 1.47. The van der Waals surface area contributed by atoms with Crippen LogP contribution in [0.2, 0.25) is 0 Å². The summed E-state index contributed by atoms with van der Waals surface area (Å²) in [6.07, 6.45) is 1.59.